The van der Waals surface area contributed by atoms with Gasteiger partial charge in [-0.05, 0) is 56.3 Å². The minimum Gasteiger partial charge on any atom is -0.339 e. The van der Waals surface area contributed by atoms with Gasteiger partial charge in [0.1, 0.15) is 0 Å². The molecule has 1 aliphatic heterocycles. The Morgan fingerprint density at radius 1 is 1.18 bits per heavy atom. The van der Waals surface area contributed by atoms with Gasteiger partial charge in [-0.15, -0.1) is 0 Å². The van der Waals surface area contributed by atoms with Crippen molar-refractivity contribution in [2.24, 2.45) is 0 Å². The zero-order valence-corrected chi connectivity index (χ0v) is 13.8. The number of hydrogen-bond donors (Lipinski definition) is 0. The van der Waals surface area contributed by atoms with Crippen molar-refractivity contribution in [1.29, 1.82) is 0 Å². The molecule has 22 heavy (non-hydrogen) atoms. The van der Waals surface area contributed by atoms with Gasteiger partial charge in [0.05, 0.1) is 6.04 Å². The average Bonchev–Trinajstić information content (AvgIpc) is 2.59. The molecule has 3 heteroatoms. The lowest BCUT2D eigenvalue weighted by Gasteiger charge is -2.34. The van der Waals surface area contributed by atoms with Crippen molar-refractivity contribution >= 4 is 5.91 Å². The normalized spacial score (nSPS) is 22.1. The van der Waals surface area contributed by atoms with Crippen LogP contribution in [0.5, 0.6) is 0 Å². The maximum absolute atomic E-state index is 12.6. The van der Waals surface area contributed by atoms with Crippen LogP contribution in [0.2, 0.25) is 0 Å². The predicted octanol–water partition coefficient (Wildman–Crippen LogP) is 3.40. The lowest BCUT2D eigenvalue weighted by Crippen LogP contribution is -2.37. The van der Waals surface area contributed by atoms with E-state index in [9.17, 15) is 4.79 Å². The first-order chi connectivity index (χ1) is 10.8. The van der Waals surface area contributed by atoms with Crippen molar-refractivity contribution in [1.82, 2.24) is 9.80 Å². The number of piperidine rings is 1. The molecule has 3 nitrogen and oxygen atoms in total. The highest BCUT2D eigenvalue weighted by atomic mass is 16.2. The number of aryl methyl sites for hydroxylation is 1. The first-order valence-corrected chi connectivity index (χ1v) is 8.81. The summed E-state index contributed by atoms with van der Waals surface area (Å²) in [4.78, 5) is 17.0. The van der Waals surface area contributed by atoms with Gasteiger partial charge < -0.3 is 9.80 Å². The molecule has 1 heterocycles. The van der Waals surface area contributed by atoms with Gasteiger partial charge in [-0.2, -0.15) is 0 Å². The molecule has 1 aromatic carbocycles. The molecule has 1 atom stereocenters. The lowest BCUT2D eigenvalue weighted by molar-refractivity contribution is -0.132. The molecule has 3 rings (SSSR count). The monoisotopic (exact) mass is 300 g/mol. The highest BCUT2D eigenvalue weighted by Crippen LogP contribution is 2.33. The van der Waals surface area contributed by atoms with Gasteiger partial charge in [-0.1, -0.05) is 30.7 Å². The van der Waals surface area contributed by atoms with Crippen molar-refractivity contribution in [2.75, 3.05) is 26.7 Å². The molecular formula is C19H28N2O. The number of fused-ring (bicyclic) bond motifs is 1. The van der Waals surface area contributed by atoms with Crippen LogP contribution in [0.3, 0.4) is 0 Å². The van der Waals surface area contributed by atoms with Crippen molar-refractivity contribution in [3.8, 4) is 0 Å². The SMILES string of the molecule is CN(C(=O)CCN1CCCCC1)[C@H]1CCCc2ccccc21. The number of carbonyl (C=O) groups is 1. The summed E-state index contributed by atoms with van der Waals surface area (Å²) in [7, 11) is 1.99. The van der Waals surface area contributed by atoms with Gasteiger partial charge in [-0.3, -0.25) is 4.79 Å². The Bertz CT molecular complexity index is 508. The molecular weight excluding hydrogens is 272 g/mol. The molecule has 0 spiro atoms. The zero-order chi connectivity index (χ0) is 15.4. The summed E-state index contributed by atoms with van der Waals surface area (Å²) in [6.45, 7) is 3.27. The molecule has 0 aromatic heterocycles. The fraction of sp³-hybridized carbons (Fsp3) is 0.632. The smallest absolute Gasteiger partial charge is 0.224 e. The second-order valence-electron chi connectivity index (χ2n) is 6.76. The summed E-state index contributed by atoms with van der Waals surface area (Å²) in [5, 5.41) is 0. The molecule has 2 aliphatic rings. The van der Waals surface area contributed by atoms with E-state index >= 15 is 0 Å². The molecule has 0 N–H and O–H groups in total. The van der Waals surface area contributed by atoms with E-state index in [1.54, 1.807) is 0 Å². The van der Waals surface area contributed by atoms with E-state index in [-0.39, 0.29) is 6.04 Å². The minimum atomic E-state index is 0.277. The van der Waals surface area contributed by atoms with Crippen LogP contribution < -0.4 is 0 Å². The number of nitrogens with zero attached hydrogens (tertiary/aromatic N) is 2. The first kappa shape index (κ1) is 15.5. The van der Waals surface area contributed by atoms with Crippen molar-refractivity contribution in [2.45, 2.75) is 51.0 Å². The molecule has 120 valence electrons. The summed E-state index contributed by atoms with van der Waals surface area (Å²) in [6, 6.07) is 8.91. The first-order valence-electron chi connectivity index (χ1n) is 8.81. The maximum Gasteiger partial charge on any atom is 0.224 e. The zero-order valence-electron chi connectivity index (χ0n) is 13.8. The molecule has 1 amide bonds. The molecule has 1 saturated heterocycles. The fourth-order valence-electron chi connectivity index (χ4n) is 3.92. The van der Waals surface area contributed by atoms with Crippen LogP contribution in [0.1, 0.15) is 55.7 Å². The Balaban J connectivity index is 1.59. The fourth-order valence-corrected chi connectivity index (χ4v) is 3.92. The lowest BCUT2D eigenvalue weighted by atomic mass is 9.87. The highest BCUT2D eigenvalue weighted by Gasteiger charge is 2.26. The van der Waals surface area contributed by atoms with Gasteiger partial charge in [0.15, 0.2) is 0 Å². The number of rotatable bonds is 4. The van der Waals surface area contributed by atoms with Crippen LogP contribution in [-0.2, 0) is 11.2 Å². The summed E-state index contributed by atoms with van der Waals surface area (Å²) in [6.07, 6.45) is 8.04. The van der Waals surface area contributed by atoms with Crippen LogP contribution in [0.15, 0.2) is 24.3 Å². The molecule has 1 aliphatic carbocycles. The summed E-state index contributed by atoms with van der Waals surface area (Å²) in [5.74, 6) is 0.298. The van der Waals surface area contributed by atoms with Crippen LogP contribution in [0, 0.1) is 0 Å². The number of amides is 1. The summed E-state index contributed by atoms with van der Waals surface area (Å²) < 4.78 is 0. The van der Waals surface area contributed by atoms with E-state index in [1.165, 1.54) is 49.9 Å². The topological polar surface area (TPSA) is 23.6 Å². The minimum absolute atomic E-state index is 0.277. The number of hydrogen-bond acceptors (Lipinski definition) is 2. The molecule has 0 unspecified atom stereocenters. The van der Waals surface area contributed by atoms with Gasteiger partial charge in [0.2, 0.25) is 5.91 Å². The van der Waals surface area contributed by atoms with E-state index in [2.05, 4.69) is 29.2 Å². The largest absolute Gasteiger partial charge is 0.339 e. The Morgan fingerprint density at radius 3 is 2.77 bits per heavy atom. The second kappa shape index (κ2) is 7.28. The van der Waals surface area contributed by atoms with Gasteiger partial charge in [-0.25, -0.2) is 0 Å². The standard InChI is InChI=1S/C19H28N2O/c1-20(19(22)12-15-21-13-5-2-6-14-21)18-11-7-9-16-8-3-4-10-17(16)18/h3-4,8,10,18H,2,5-7,9,11-15H2,1H3/t18-/m0/s1. The molecule has 0 radical (unpaired) electrons. The molecule has 0 bridgehead atoms. The average molecular weight is 300 g/mol. The number of likely N-dealkylation sites (tertiary alicyclic amines) is 1. The summed E-state index contributed by atoms with van der Waals surface area (Å²) in [5.41, 5.74) is 2.79. The van der Waals surface area contributed by atoms with Gasteiger partial charge in [0.25, 0.3) is 0 Å². The van der Waals surface area contributed by atoms with E-state index in [0.29, 0.717) is 12.3 Å². The predicted molar refractivity (Wildman–Crippen MR) is 89.8 cm³/mol. The Hall–Kier alpha value is -1.35. The van der Waals surface area contributed by atoms with E-state index in [1.807, 2.05) is 11.9 Å². The third-order valence-electron chi connectivity index (χ3n) is 5.29. The van der Waals surface area contributed by atoms with Crippen molar-refractivity contribution in [3.05, 3.63) is 35.4 Å². The maximum atomic E-state index is 12.6. The van der Waals surface area contributed by atoms with Gasteiger partial charge >= 0.3 is 0 Å². The van der Waals surface area contributed by atoms with E-state index in [4.69, 9.17) is 0 Å². The van der Waals surface area contributed by atoms with Crippen molar-refractivity contribution < 1.29 is 4.79 Å². The highest BCUT2D eigenvalue weighted by molar-refractivity contribution is 5.76. The Kier molecular flexibility index (Phi) is 5.14. The molecule has 1 aromatic rings. The number of carbonyl (C=O) groups excluding carboxylic acids is 1. The van der Waals surface area contributed by atoms with Crippen LogP contribution >= 0.6 is 0 Å². The quantitative estimate of drug-likeness (QED) is 0.851. The van der Waals surface area contributed by atoms with Gasteiger partial charge in [0, 0.05) is 20.0 Å². The Morgan fingerprint density at radius 2 is 1.95 bits per heavy atom. The molecule has 0 saturated carbocycles. The number of benzene rings is 1. The van der Waals surface area contributed by atoms with E-state index < -0.39 is 0 Å². The van der Waals surface area contributed by atoms with Crippen molar-refractivity contribution in [3.63, 3.8) is 0 Å². The van der Waals surface area contributed by atoms with E-state index in [0.717, 1.165) is 19.4 Å². The third-order valence-corrected chi connectivity index (χ3v) is 5.29. The third kappa shape index (κ3) is 3.52. The second-order valence-corrected chi connectivity index (χ2v) is 6.76. The summed E-state index contributed by atoms with van der Waals surface area (Å²) >= 11 is 0. The van der Waals surface area contributed by atoms with Crippen LogP contribution in [-0.4, -0.2) is 42.4 Å². The van der Waals surface area contributed by atoms with Crippen LogP contribution in [0.4, 0.5) is 0 Å². The molecule has 1 fully saturated rings. The Labute approximate surface area is 134 Å². The van der Waals surface area contributed by atoms with Crippen LogP contribution in [0.25, 0.3) is 0 Å².